The van der Waals surface area contributed by atoms with Crippen LogP contribution in [0.4, 0.5) is 0 Å². The molecule has 1 aliphatic carbocycles. The lowest BCUT2D eigenvalue weighted by molar-refractivity contribution is -0.145. The van der Waals surface area contributed by atoms with E-state index in [0.717, 1.165) is 25.7 Å². The number of amides is 1. The highest BCUT2D eigenvalue weighted by molar-refractivity contribution is 5.81. The van der Waals surface area contributed by atoms with E-state index in [1.165, 1.54) is 4.90 Å². The minimum atomic E-state index is -0.973. The summed E-state index contributed by atoms with van der Waals surface area (Å²) in [4.78, 5) is 24.4. The lowest BCUT2D eigenvalue weighted by atomic mass is 9.72. The van der Waals surface area contributed by atoms with E-state index in [1.54, 1.807) is 7.11 Å². The van der Waals surface area contributed by atoms with E-state index in [4.69, 9.17) is 9.84 Å². The number of nitrogens with zero attached hydrogens (tertiary/aromatic N) is 1. The number of ether oxygens (including phenoxy) is 1. The van der Waals surface area contributed by atoms with Crippen molar-refractivity contribution < 1.29 is 19.4 Å². The van der Waals surface area contributed by atoms with Gasteiger partial charge in [-0.15, -0.1) is 0 Å². The van der Waals surface area contributed by atoms with E-state index >= 15 is 0 Å². The van der Waals surface area contributed by atoms with E-state index in [2.05, 4.69) is 13.8 Å². The fraction of sp³-hybridized carbons (Fsp3) is 0.867. The number of carbonyl (C=O) groups excluding carboxylic acids is 1. The molecule has 116 valence electrons. The van der Waals surface area contributed by atoms with Gasteiger partial charge in [-0.1, -0.05) is 13.8 Å². The van der Waals surface area contributed by atoms with Crippen LogP contribution < -0.4 is 0 Å². The smallest absolute Gasteiger partial charge is 0.323 e. The average Bonchev–Trinajstić information content (AvgIpc) is 2.36. The first-order valence-corrected chi connectivity index (χ1v) is 7.32. The third-order valence-electron chi connectivity index (χ3n) is 4.17. The van der Waals surface area contributed by atoms with Crippen LogP contribution in [0.25, 0.3) is 0 Å². The van der Waals surface area contributed by atoms with Gasteiger partial charge in [0.1, 0.15) is 6.54 Å². The molecular weight excluding hydrogens is 258 g/mol. The van der Waals surface area contributed by atoms with Gasteiger partial charge in [0.15, 0.2) is 0 Å². The standard InChI is InChI=1S/C15H27NO4/c1-15(2)6-4-12(5-7-15)10-13(17)16(8-9-20-3)11-14(18)19/h12H,4-11H2,1-3H3,(H,18,19). The van der Waals surface area contributed by atoms with Gasteiger partial charge in [0.25, 0.3) is 0 Å². The zero-order chi connectivity index (χ0) is 15.2. The second-order valence-corrected chi connectivity index (χ2v) is 6.51. The van der Waals surface area contributed by atoms with Gasteiger partial charge in [0.05, 0.1) is 6.61 Å². The van der Waals surface area contributed by atoms with E-state index in [-0.39, 0.29) is 12.5 Å². The van der Waals surface area contributed by atoms with Crippen LogP contribution in [0.3, 0.4) is 0 Å². The Balaban J connectivity index is 2.46. The molecule has 1 aliphatic rings. The highest BCUT2D eigenvalue weighted by Crippen LogP contribution is 2.39. The van der Waals surface area contributed by atoms with Gasteiger partial charge in [-0.2, -0.15) is 0 Å². The van der Waals surface area contributed by atoms with Crippen molar-refractivity contribution in [1.29, 1.82) is 0 Å². The Morgan fingerprint density at radius 3 is 2.40 bits per heavy atom. The first kappa shape index (κ1) is 17.0. The SMILES string of the molecule is COCCN(CC(=O)O)C(=O)CC1CCC(C)(C)CC1. The van der Waals surface area contributed by atoms with Crippen molar-refractivity contribution in [3.8, 4) is 0 Å². The van der Waals surface area contributed by atoms with E-state index < -0.39 is 5.97 Å². The van der Waals surface area contributed by atoms with Crippen LogP contribution in [0.15, 0.2) is 0 Å². The zero-order valence-corrected chi connectivity index (χ0v) is 12.9. The fourth-order valence-electron chi connectivity index (χ4n) is 2.70. The lowest BCUT2D eigenvalue weighted by Crippen LogP contribution is -2.39. The van der Waals surface area contributed by atoms with Crippen LogP contribution in [0, 0.1) is 11.3 Å². The van der Waals surface area contributed by atoms with Crippen molar-refractivity contribution in [2.24, 2.45) is 11.3 Å². The van der Waals surface area contributed by atoms with E-state index in [0.29, 0.717) is 30.9 Å². The van der Waals surface area contributed by atoms with Crippen LogP contribution in [0.5, 0.6) is 0 Å². The Bertz CT molecular complexity index is 331. The second kappa shape index (κ2) is 7.62. The van der Waals surface area contributed by atoms with Gasteiger partial charge in [-0.25, -0.2) is 0 Å². The van der Waals surface area contributed by atoms with Crippen LogP contribution in [-0.4, -0.2) is 48.7 Å². The van der Waals surface area contributed by atoms with Crippen molar-refractivity contribution in [2.75, 3.05) is 26.8 Å². The first-order chi connectivity index (χ1) is 9.34. The summed E-state index contributed by atoms with van der Waals surface area (Å²) >= 11 is 0. The molecule has 0 aromatic heterocycles. The molecule has 20 heavy (non-hydrogen) atoms. The van der Waals surface area contributed by atoms with E-state index in [9.17, 15) is 9.59 Å². The molecule has 5 nitrogen and oxygen atoms in total. The van der Waals surface area contributed by atoms with Crippen molar-refractivity contribution in [3.63, 3.8) is 0 Å². The number of hydrogen-bond donors (Lipinski definition) is 1. The van der Waals surface area contributed by atoms with Gasteiger partial charge in [-0.3, -0.25) is 9.59 Å². The number of methoxy groups -OCH3 is 1. The zero-order valence-electron chi connectivity index (χ0n) is 12.9. The minimum Gasteiger partial charge on any atom is -0.480 e. The lowest BCUT2D eigenvalue weighted by Gasteiger charge is -2.34. The summed E-state index contributed by atoms with van der Waals surface area (Å²) in [5, 5.41) is 8.87. The molecule has 0 aromatic carbocycles. The molecule has 1 amide bonds. The Morgan fingerprint density at radius 1 is 1.30 bits per heavy atom. The molecule has 0 aromatic rings. The van der Waals surface area contributed by atoms with Gasteiger partial charge in [0, 0.05) is 20.1 Å². The van der Waals surface area contributed by atoms with E-state index in [1.807, 2.05) is 0 Å². The van der Waals surface area contributed by atoms with Gasteiger partial charge in [-0.05, 0) is 37.0 Å². The second-order valence-electron chi connectivity index (χ2n) is 6.51. The molecule has 1 rings (SSSR count). The van der Waals surface area contributed by atoms with Gasteiger partial charge in [0.2, 0.25) is 5.91 Å². The summed E-state index contributed by atoms with van der Waals surface area (Å²) in [5.41, 5.74) is 0.385. The summed E-state index contributed by atoms with van der Waals surface area (Å²) < 4.78 is 4.93. The summed E-state index contributed by atoms with van der Waals surface area (Å²) in [6, 6.07) is 0. The predicted octanol–water partition coefficient (Wildman–Crippen LogP) is 2.15. The minimum absolute atomic E-state index is 0.0610. The maximum Gasteiger partial charge on any atom is 0.323 e. The van der Waals surface area contributed by atoms with Crippen molar-refractivity contribution >= 4 is 11.9 Å². The number of carboxylic acids is 1. The van der Waals surface area contributed by atoms with Crippen LogP contribution >= 0.6 is 0 Å². The van der Waals surface area contributed by atoms with Crippen molar-refractivity contribution in [3.05, 3.63) is 0 Å². The maximum absolute atomic E-state index is 12.2. The Kier molecular flexibility index (Phi) is 6.46. The Morgan fingerprint density at radius 2 is 1.90 bits per heavy atom. The average molecular weight is 285 g/mol. The topological polar surface area (TPSA) is 66.8 Å². The molecule has 5 heteroatoms. The number of aliphatic carboxylic acids is 1. The number of carbonyl (C=O) groups is 2. The molecule has 1 N–H and O–H groups in total. The molecule has 0 bridgehead atoms. The predicted molar refractivity (Wildman–Crippen MR) is 76.4 cm³/mol. The fourth-order valence-corrected chi connectivity index (χ4v) is 2.70. The van der Waals surface area contributed by atoms with Gasteiger partial charge < -0.3 is 14.7 Å². The third-order valence-corrected chi connectivity index (χ3v) is 4.17. The van der Waals surface area contributed by atoms with Crippen LogP contribution in [0.1, 0.15) is 46.0 Å². The summed E-state index contributed by atoms with van der Waals surface area (Å²) in [6.45, 7) is 5.01. The Hall–Kier alpha value is -1.10. The molecular formula is C15H27NO4. The molecule has 0 spiro atoms. The summed E-state index contributed by atoms with van der Waals surface area (Å²) in [5.74, 6) is -0.636. The maximum atomic E-state index is 12.2. The number of carboxylic acid groups (broad SMARTS) is 1. The molecule has 0 heterocycles. The summed E-state index contributed by atoms with van der Waals surface area (Å²) in [6.07, 6.45) is 4.87. The third kappa shape index (κ3) is 5.90. The highest BCUT2D eigenvalue weighted by atomic mass is 16.5. The van der Waals surface area contributed by atoms with Crippen molar-refractivity contribution in [1.82, 2.24) is 4.90 Å². The molecule has 1 saturated carbocycles. The van der Waals surface area contributed by atoms with Crippen LogP contribution in [0.2, 0.25) is 0 Å². The normalized spacial score (nSPS) is 18.8. The molecule has 0 unspecified atom stereocenters. The number of hydrogen-bond acceptors (Lipinski definition) is 3. The molecule has 0 saturated heterocycles. The van der Waals surface area contributed by atoms with Crippen LogP contribution in [-0.2, 0) is 14.3 Å². The largest absolute Gasteiger partial charge is 0.480 e. The first-order valence-electron chi connectivity index (χ1n) is 7.32. The molecule has 0 atom stereocenters. The Labute approximate surface area is 121 Å². The van der Waals surface area contributed by atoms with Gasteiger partial charge >= 0.3 is 5.97 Å². The molecule has 1 fully saturated rings. The highest BCUT2D eigenvalue weighted by Gasteiger charge is 2.29. The van der Waals surface area contributed by atoms with Crippen molar-refractivity contribution in [2.45, 2.75) is 46.0 Å². The summed E-state index contributed by atoms with van der Waals surface area (Å²) in [7, 11) is 1.55. The molecule has 0 aliphatic heterocycles. The quantitative estimate of drug-likeness (QED) is 0.778. The monoisotopic (exact) mass is 285 g/mol. The number of rotatable bonds is 7. The molecule has 0 radical (unpaired) electrons.